The zero-order valence-electron chi connectivity index (χ0n) is 14.7. The highest BCUT2D eigenvalue weighted by Gasteiger charge is 2.26. The molecule has 0 bridgehead atoms. The number of aryl methyl sites for hydroxylation is 1. The van der Waals surface area contributed by atoms with Crippen molar-refractivity contribution in [2.24, 2.45) is 7.05 Å². The number of ether oxygens (including phenoxy) is 1. The number of para-hydroxylation sites is 1. The molecule has 1 saturated heterocycles. The summed E-state index contributed by atoms with van der Waals surface area (Å²) in [4.78, 5) is 18.7. The van der Waals surface area contributed by atoms with Gasteiger partial charge in [0.05, 0.1) is 0 Å². The zero-order chi connectivity index (χ0) is 17.9. The fourth-order valence-electron chi connectivity index (χ4n) is 3.38. The minimum Gasteiger partial charge on any atom is -0.457 e. The third kappa shape index (κ3) is 3.33. The van der Waals surface area contributed by atoms with E-state index in [2.05, 4.69) is 22.0 Å². The van der Waals surface area contributed by atoms with Crippen molar-refractivity contribution in [2.75, 3.05) is 18.0 Å². The lowest BCUT2D eigenvalue weighted by Gasteiger charge is -2.17. The highest BCUT2D eigenvalue weighted by atomic mass is 16.5. The van der Waals surface area contributed by atoms with Crippen molar-refractivity contribution in [1.82, 2.24) is 9.55 Å². The van der Waals surface area contributed by atoms with E-state index in [4.69, 9.17) is 4.74 Å². The molecule has 0 amide bonds. The molecule has 132 valence electrons. The van der Waals surface area contributed by atoms with Crippen LogP contribution in [-0.2, 0) is 7.05 Å². The Morgan fingerprint density at radius 2 is 1.88 bits per heavy atom. The molecule has 26 heavy (non-hydrogen) atoms. The normalized spacial score (nSPS) is 16.7. The van der Waals surface area contributed by atoms with Crippen molar-refractivity contribution >= 4 is 5.82 Å². The van der Waals surface area contributed by atoms with Crippen LogP contribution in [0.1, 0.15) is 17.9 Å². The van der Waals surface area contributed by atoms with Crippen LogP contribution in [-0.4, -0.2) is 22.6 Å². The van der Waals surface area contributed by atoms with Crippen LogP contribution < -0.4 is 15.2 Å². The molecule has 2 heterocycles. The van der Waals surface area contributed by atoms with Crippen LogP contribution in [0.5, 0.6) is 11.5 Å². The molecule has 0 radical (unpaired) electrons. The van der Waals surface area contributed by atoms with E-state index < -0.39 is 0 Å². The van der Waals surface area contributed by atoms with Gasteiger partial charge < -0.3 is 14.2 Å². The Morgan fingerprint density at radius 3 is 2.73 bits per heavy atom. The Morgan fingerprint density at radius 1 is 1.08 bits per heavy atom. The van der Waals surface area contributed by atoms with E-state index in [0.717, 1.165) is 31.0 Å². The molecule has 1 aliphatic rings. The van der Waals surface area contributed by atoms with Crippen molar-refractivity contribution in [3.8, 4) is 11.5 Å². The van der Waals surface area contributed by atoms with Gasteiger partial charge in [-0.15, -0.1) is 0 Å². The first-order valence-electron chi connectivity index (χ1n) is 8.80. The van der Waals surface area contributed by atoms with E-state index >= 15 is 0 Å². The second kappa shape index (κ2) is 7.04. The first-order chi connectivity index (χ1) is 12.7. The highest BCUT2D eigenvalue weighted by molar-refractivity contribution is 5.41. The molecular formula is C21H21N3O2. The second-order valence-corrected chi connectivity index (χ2v) is 6.59. The van der Waals surface area contributed by atoms with Crippen LogP contribution in [0.2, 0.25) is 0 Å². The van der Waals surface area contributed by atoms with Gasteiger partial charge in [0.2, 0.25) is 0 Å². The van der Waals surface area contributed by atoms with Crippen molar-refractivity contribution < 1.29 is 4.74 Å². The van der Waals surface area contributed by atoms with Crippen molar-refractivity contribution in [3.63, 3.8) is 0 Å². The summed E-state index contributed by atoms with van der Waals surface area (Å²) in [5, 5.41) is 0. The predicted octanol–water partition coefficient (Wildman–Crippen LogP) is 3.57. The number of nitrogens with zero attached hydrogens (tertiary/aromatic N) is 3. The topological polar surface area (TPSA) is 47.4 Å². The van der Waals surface area contributed by atoms with Crippen LogP contribution in [0.25, 0.3) is 0 Å². The minimum atomic E-state index is -0.0469. The summed E-state index contributed by atoms with van der Waals surface area (Å²) in [6.07, 6.45) is 4.36. The quantitative estimate of drug-likeness (QED) is 0.724. The monoisotopic (exact) mass is 347 g/mol. The SMILES string of the molecule is Cn1ccnc(N2CC[C@H](c3cccc(Oc4ccccc4)c3)C2)c1=O. The van der Waals surface area contributed by atoms with Gasteiger partial charge in [-0.2, -0.15) is 0 Å². The van der Waals surface area contributed by atoms with Crippen LogP contribution in [0.3, 0.4) is 0 Å². The molecule has 3 aromatic rings. The Labute approximate surface area is 152 Å². The standard InChI is InChI=1S/C21H21N3O2/c1-23-13-11-22-20(21(23)25)24-12-10-17(15-24)16-6-5-9-19(14-16)26-18-7-3-2-4-8-18/h2-9,11,13-14,17H,10,12,15H2,1H3/t17-/m0/s1. The van der Waals surface area contributed by atoms with Gasteiger partial charge in [-0.05, 0) is 36.2 Å². The van der Waals surface area contributed by atoms with Crippen LogP contribution in [0, 0.1) is 0 Å². The van der Waals surface area contributed by atoms with Gasteiger partial charge in [0.1, 0.15) is 11.5 Å². The molecule has 1 atom stereocenters. The maximum Gasteiger partial charge on any atom is 0.293 e. The van der Waals surface area contributed by atoms with Crippen LogP contribution in [0.4, 0.5) is 5.82 Å². The van der Waals surface area contributed by atoms with Gasteiger partial charge in [0, 0.05) is 38.4 Å². The lowest BCUT2D eigenvalue weighted by atomic mass is 9.98. The molecule has 1 fully saturated rings. The van der Waals surface area contributed by atoms with Gasteiger partial charge >= 0.3 is 0 Å². The summed E-state index contributed by atoms with van der Waals surface area (Å²) in [5.41, 5.74) is 1.18. The molecule has 5 heteroatoms. The average Bonchev–Trinajstić information content (AvgIpc) is 3.15. The van der Waals surface area contributed by atoms with Gasteiger partial charge in [-0.25, -0.2) is 4.98 Å². The Kier molecular flexibility index (Phi) is 4.44. The molecule has 1 aromatic heterocycles. The average molecular weight is 347 g/mol. The van der Waals surface area contributed by atoms with Gasteiger partial charge in [-0.3, -0.25) is 4.79 Å². The van der Waals surface area contributed by atoms with Crippen molar-refractivity contribution in [1.29, 1.82) is 0 Å². The number of benzene rings is 2. The Balaban J connectivity index is 1.51. The third-order valence-electron chi connectivity index (χ3n) is 4.79. The maximum absolute atomic E-state index is 12.3. The van der Waals surface area contributed by atoms with Crippen molar-refractivity contribution in [2.45, 2.75) is 12.3 Å². The van der Waals surface area contributed by atoms with Crippen molar-refractivity contribution in [3.05, 3.63) is 82.9 Å². The third-order valence-corrected chi connectivity index (χ3v) is 4.79. The molecule has 2 aromatic carbocycles. The lowest BCUT2D eigenvalue weighted by molar-refractivity contribution is 0.481. The number of hydrogen-bond donors (Lipinski definition) is 0. The van der Waals surface area contributed by atoms with Gasteiger partial charge in [0.25, 0.3) is 5.56 Å². The summed E-state index contributed by atoms with van der Waals surface area (Å²) in [7, 11) is 1.76. The highest BCUT2D eigenvalue weighted by Crippen LogP contribution is 2.31. The Hall–Kier alpha value is -3.08. The molecule has 4 rings (SSSR count). The molecule has 0 spiro atoms. The molecule has 5 nitrogen and oxygen atoms in total. The molecule has 0 unspecified atom stereocenters. The molecule has 0 N–H and O–H groups in total. The summed E-state index contributed by atoms with van der Waals surface area (Å²) in [6.45, 7) is 1.63. The molecule has 0 aliphatic carbocycles. The Bertz CT molecular complexity index is 953. The predicted molar refractivity (Wildman–Crippen MR) is 102 cm³/mol. The fraction of sp³-hybridized carbons (Fsp3) is 0.238. The molecule has 1 aliphatic heterocycles. The number of anilines is 1. The summed E-state index contributed by atoms with van der Waals surface area (Å²) in [6, 6.07) is 18.0. The number of rotatable bonds is 4. The largest absolute Gasteiger partial charge is 0.457 e. The van der Waals surface area contributed by atoms with E-state index in [9.17, 15) is 4.79 Å². The van der Waals surface area contributed by atoms with E-state index in [-0.39, 0.29) is 5.56 Å². The second-order valence-electron chi connectivity index (χ2n) is 6.59. The van der Waals surface area contributed by atoms with Crippen LogP contribution >= 0.6 is 0 Å². The number of aromatic nitrogens is 2. The maximum atomic E-state index is 12.3. The zero-order valence-corrected chi connectivity index (χ0v) is 14.7. The van der Waals surface area contributed by atoms with E-state index in [1.54, 1.807) is 24.0 Å². The summed E-state index contributed by atoms with van der Waals surface area (Å²) in [5.74, 6) is 2.56. The minimum absolute atomic E-state index is 0.0469. The molecule has 0 saturated carbocycles. The first-order valence-corrected chi connectivity index (χ1v) is 8.80. The number of hydrogen-bond acceptors (Lipinski definition) is 4. The van der Waals surface area contributed by atoms with Gasteiger partial charge in [-0.1, -0.05) is 30.3 Å². The summed E-state index contributed by atoms with van der Waals surface area (Å²) >= 11 is 0. The fourth-order valence-corrected chi connectivity index (χ4v) is 3.38. The van der Waals surface area contributed by atoms with E-state index in [1.165, 1.54) is 5.56 Å². The lowest BCUT2D eigenvalue weighted by Crippen LogP contribution is -2.30. The summed E-state index contributed by atoms with van der Waals surface area (Å²) < 4.78 is 7.52. The van der Waals surface area contributed by atoms with Crippen LogP contribution in [0.15, 0.2) is 71.8 Å². The first kappa shape index (κ1) is 16.4. The molecular weight excluding hydrogens is 326 g/mol. The smallest absolute Gasteiger partial charge is 0.293 e. The van der Waals surface area contributed by atoms with E-state index in [0.29, 0.717) is 11.7 Å². The van der Waals surface area contributed by atoms with E-state index in [1.807, 2.05) is 42.5 Å². The van der Waals surface area contributed by atoms with Gasteiger partial charge in [0.15, 0.2) is 5.82 Å².